The van der Waals surface area contributed by atoms with Gasteiger partial charge in [0.2, 0.25) is 5.95 Å². The molecule has 206 valence electrons. The van der Waals surface area contributed by atoms with Crippen molar-refractivity contribution in [1.29, 1.82) is 0 Å². The predicted octanol–water partition coefficient (Wildman–Crippen LogP) is 4.98. The molecular formula is C28H30F2N4O4S. The molecule has 2 aromatic carbocycles. The highest BCUT2D eigenvalue weighted by molar-refractivity contribution is 7.91. The number of esters is 1. The van der Waals surface area contributed by atoms with Crippen LogP contribution in [0.1, 0.15) is 54.0 Å². The van der Waals surface area contributed by atoms with E-state index in [1.54, 1.807) is 36.4 Å². The van der Waals surface area contributed by atoms with Crippen LogP contribution in [0.25, 0.3) is 0 Å². The highest BCUT2D eigenvalue weighted by Gasteiger charge is 2.32. The van der Waals surface area contributed by atoms with E-state index in [0.29, 0.717) is 43.3 Å². The number of nitrogens with zero attached hydrogens (tertiary/aromatic N) is 3. The molecule has 8 nitrogen and oxygen atoms in total. The van der Waals surface area contributed by atoms with Crippen LogP contribution in [0.5, 0.6) is 0 Å². The summed E-state index contributed by atoms with van der Waals surface area (Å²) in [4.78, 5) is 23.1. The number of carbonyl (C=O) groups is 1. The topological polar surface area (TPSA) is 101 Å². The van der Waals surface area contributed by atoms with E-state index in [9.17, 15) is 22.0 Å². The zero-order valence-electron chi connectivity index (χ0n) is 21.6. The van der Waals surface area contributed by atoms with Gasteiger partial charge in [-0.1, -0.05) is 36.4 Å². The van der Waals surface area contributed by atoms with Crippen LogP contribution in [-0.4, -0.2) is 50.3 Å². The van der Waals surface area contributed by atoms with Crippen molar-refractivity contribution < 1.29 is 26.7 Å². The van der Waals surface area contributed by atoms with E-state index in [4.69, 9.17) is 4.74 Å². The van der Waals surface area contributed by atoms with Gasteiger partial charge in [0.15, 0.2) is 15.7 Å². The first-order chi connectivity index (χ1) is 18.7. The van der Waals surface area contributed by atoms with Crippen molar-refractivity contribution in [2.24, 2.45) is 0 Å². The van der Waals surface area contributed by atoms with Gasteiger partial charge >= 0.3 is 5.97 Å². The molecule has 0 unspecified atom stereocenters. The van der Waals surface area contributed by atoms with Crippen molar-refractivity contribution >= 4 is 33.3 Å². The zero-order valence-corrected chi connectivity index (χ0v) is 22.4. The van der Waals surface area contributed by atoms with Crippen LogP contribution in [0.3, 0.4) is 0 Å². The Bertz CT molecular complexity index is 1440. The normalized spacial score (nSPS) is 17.1. The number of hydrogen-bond acceptors (Lipinski definition) is 8. The van der Waals surface area contributed by atoms with Crippen molar-refractivity contribution in [2.75, 3.05) is 36.2 Å². The lowest BCUT2D eigenvalue weighted by molar-refractivity contribution is -0.139. The minimum Gasteiger partial charge on any atom is -0.469 e. The van der Waals surface area contributed by atoms with Crippen LogP contribution in [0.2, 0.25) is 0 Å². The van der Waals surface area contributed by atoms with E-state index >= 15 is 0 Å². The van der Waals surface area contributed by atoms with Crippen LogP contribution in [0.15, 0.2) is 53.4 Å². The highest BCUT2D eigenvalue weighted by atomic mass is 32.2. The second-order valence-electron chi connectivity index (χ2n) is 9.87. The molecule has 0 amide bonds. The fourth-order valence-corrected chi connectivity index (χ4v) is 6.77. The molecule has 0 aliphatic carbocycles. The SMILES string of the molecule is COC(=O)Cc1ccc(Nc2nc(N3CCC(c4ccc(C(F)F)cc4)CC3)nc3c2S(=O)(=O)CCC3)cc1. The number of aryl methyl sites for hydroxylation is 1. The molecule has 1 fully saturated rings. The summed E-state index contributed by atoms with van der Waals surface area (Å²) in [5, 5.41) is 3.18. The molecule has 0 bridgehead atoms. The number of methoxy groups -OCH3 is 1. The Morgan fingerprint density at radius 3 is 2.41 bits per heavy atom. The minimum atomic E-state index is -3.54. The Labute approximate surface area is 226 Å². The number of hydrogen-bond donors (Lipinski definition) is 1. The molecular weight excluding hydrogens is 526 g/mol. The number of rotatable bonds is 7. The Morgan fingerprint density at radius 1 is 1.08 bits per heavy atom. The fourth-order valence-electron chi connectivity index (χ4n) is 5.15. The van der Waals surface area contributed by atoms with Crippen LogP contribution in [0, 0.1) is 0 Å². The molecule has 0 spiro atoms. The first kappa shape index (κ1) is 27.0. The molecule has 1 N–H and O–H groups in total. The van der Waals surface area contributed by atoms with Gasteiger partial charge in [-0.2, -0.15) is 4.98 Å². The summed E-state index contributed by atoms with van der Waals surface area (Å²) in [7, 11) is -2.21. The third-order valence-electron chi connectivity index (χ3n) is 7.29. The number of nitrogens with one attached hydrogen (secondary N) is 1. The fraction of sp³-hybridized carbons (Fsp3) is 0.393. The monoisotopic (exact) mass is 556 g/mol. The first-order valence-corrected chi connectivity index (χ1v) is 14.6. The van der Waals surface area contributed by atoms with E-state index in [0.717, 1.165) is 24.0 Å². The number of aromatic nitrogens is 2. The maximum Gasteiger partial charge on any atom is 0.309 e. The summed E-state index contributed by atoms with van der Waals surface area (Å²) in [6.07, 6.45) is 0.318. The highest BCUT2D eigenvalue weighted by Crippen LogP contribution is 2.35. The molecule has 2 aliphatic heterocycles. The van der Waals surface area contributed by atoms with Crippen LogP contribution in [-0.2, 0) is 32.2 Å². The van der Waals surface area contributed by atoms with Gasteiger partial charge in [0, 0.05) is 24.3 Å². The Kier molecular flexibility index (Phi) is 7.79. The quantitative estimate of drug-likeness (QED) is 0.407. The van der Waals surface area contributed by atoms with Gasteiger partial charge < -0.3 is 15.0 Å². The van der Waals surface area contributed by atoms with E-state index in [-0.39, 0.29) is 40.3 Å². The lowest BCUT2D eigenvalue weighted by Crippen LogP contribution is -2.35. The van der Waals surface area contributed by atoms with Crippen molar-refractivity contribution in [1.82, 2.24) is 9.97 Å². The van der Waals surface area contributed by atoms with Gasteiger partial charge in [-0.25, -0.2) is 22.2 Å². The largest absolute Gasteiger partial charge is 0.469 e. The van der Waals surface area contributed by atoms with E-state index in [1.807, 2.05) is 0 Å². The number of piperidine rings is 1. The number of ether oxygens (including phenoxy) is 1. The standard InChI is InChI=1S/C28H30F2N4O4S/c1-38-24(35)17-18-4-10-22(11-5-18)31-27-25-23(3-2-16-39(25,36)37)32-28(33-27)34-14-12-20(13-15-34)19-6-8-21(9-7-19)26(29)30/h4-11,20,26H,2-3,12-17H2,1H3,(H,31,32,33). The number of halogens is 2. The maximum absolute atomic E-state index is 13.0. The molecule has 39 heavy (non-hydrogen) atoms. The Hall–Kier alpha value is -3.60. The van der Waals surface area contributed by atoms with Crippen molar-refractivity contribution in [2.45, 2.75) is 49.3 Å². The van der Waals surface area contributed by atoms with E-state index in [1.165, 1.54) is 19.2 Å². The number of sulfone groups is 1. The average Bonchev–Trinajstić information content (AvgIpc) is 2.93. The van der Waals surface area contributed by atoms with E-state index in [2.05, 4.69) is 20.2 Å². The number of benzene rings is 2. The van der Waals surface area contributed by atoms with E-state index < -0.39 is 16.3 Å². The maximum atomic E-state index is 13.0. The molecule has 0 atom stereocenters. The summed E-state index contributed by atoms with van der Waals surface area (Å²) >= 11 is 0. The zero-order chi connectivity index (χ0) is 27.6. The van der Waals surface area contributed by atoms with Gasteiger partial charge in [0.1, 0.15) is 4.90 Å². The summed E-state index contributed by atoms with van der Waals surface area (Å²) in [5.41, 5.74) is 2.99. The molecule has 3 aromatic rings. The minimum absolute atomic E-state index is 0.0201. The smallest absolute Gasteiger partial charge is 0.309 e. The Balaban J connectivity index is 1.37. The van der Waals surface area contributed by atoms with Gasteiger partial charge in [-0.05, 0) is 54.9 Å². The molecule has 1 saturated heterocycles. The van der Waals surface area contributed by atoms with Crippen molar-refractivity contribution in [3.05, 3.63) is 70.9 Å². The van der Waals surface area contributed by atoms with Crippen LogP contribution >= 0.6 is 0 Å². The molecule has 0 saturated carbocycles. The first-order valence-electron chi connectivity index (χ1n) is 12.9. The molecule has 2 aliphatic rings. The molecule has 5 rings (SSSR count). The molecule has 11 heteroatoms. The Morgan fingerprint density at radius 2 is 1.77 bits per heavy atom. The lowest BCUT2D eigenvalue weighted by atomic mass is 9.89. The second-order valence-corrected chi connectivity index (χ2v) is 11.9. The summed E-state index contributed by atoms with van der Waals surface area (Å²) < 4.78 is 56.6. The van der Waals surface area contributed by atoms with Gasteiger partial charge in [0.25, 0.3) is 6.43 Å². The third kappa shape index (κ3) is 6.03. The van der Waals surface area contributed by atoms with Gasteiger partial charge in [0.05, 0.1) is 25.0 Å². The number of alkyl halides is 2. The molecule has 1 aromatic heterocycles. The summed E-state index contributed by atoms with van der Waals surface area (Å²) in [6.45, 7) is 1.32. The number of anilines is 3. The van der Waals surface area contributed by atoms with Crippen molar-refractivity contribution in [3.8, 4) is 0 Å². The van der Waals surface area contributed by atoms with Crippen molar-refractivity contribution in [3.63, 3.8) is 0 Å². The van der Waals surface area contributed by atoms with Gasteiger partial charge in [-0.3, -0.25) is 4.79 Å². The average molecular weight is 557 g/mol. The molecule has 3 heterocycles. The second kappa shape index (κ2) is 11.3. The third-order valence-corrected chi connectivity index (χ3v) is 9.17. The lowest BCUT2D eigenvalue weighted by Gasteiger charge is -2.33. The summed E-state index contributed by atoms with van der Waals surface area (Å²) in [6, 6.07) is 13.6. The molecule has 0 radical (unpaired) electrons. The van der Waals surface area contributed by atoms with Crippen LogP contribution in [0.4, 0.5) is 26.2 Å². The number of carbonyl (C=O) groups excluding carboxylic acids is 1. The van der Waals surface area contributed by atoms with Crippen LogP contribution < -0.4 is 10.2 Å². The summed E-state index contributed by atoms with van der Waals surface area (Å²) in [5.74, 6) is 0.671. The predicted molar refractivity (Wildman–Crippen MR) is 143 cm³/mol. The number of fused-ring (bicyclic) bond motifs is 1. The van der Waals surface area contributed by atoms with Gasteiger partial charge in [-0.15, -0.1) is 0 Å².